The highest BCUT2D eigenvalue weighted by Gasteiger charge is 2.31. The quantitative estimate of drug-likeness (QED) is 0.750. The first kappa shape index (κ1) is 15.9. The second-order valence-corrected chi connectivity index (χ2v) is 6.30. The molecule has 7 heteroatoms. The van der Waals surface area contributed by atoms with Crippen molar-refractivity contribution in [2.45, 2.75) is 24.9 Å². The summed E-state index contributed by atoms with van der Waals surface area (Å²) in [6.07, 6.45) is -1.66. The lowest BCUT2D eigenvalue weighted by Crippen LogP contribution is -2.33. The first-order chi connectivity index (χ1) is 12.0. The van der Waals surface area contributed by atoms with E-state index in [1.165, 1.54) is 6.07 Å². The number of para-hydroxylation sites is 2. The number of halogens is 3. The van der Waals surface area contributed by atoms with E-state index < -0.39 is 11.7 Å². The number of fused-ring (bicyclic) bond motifs is 1. The molecule has 3 heterocycles. The van der Waals surface area contributed by atoms with E-state index in [2.05, 4.69) is 15.0 Å². The molecule has 1 aliphatic heterocycles. The highest BCUT2D eigenvalue weighted by atomic mass is 19.4. The molecule has 1 N–H and O–H groups in total. The molecule has 0 bridgehead atoms. The molecule has 0 amide bonds. The van der Waals surface area contributed by atoms with Gasteiger partial charge >= 0.3 is 6.18 Å². The van der Waals surface area contributed by atoms with Crippen LogP contribution in [0.2, 0.25) is 0 Å². The Morgan fingerprint density at radius 2 is 1.80 bits per heavy atom. The summed E-state index contributed by atoms with van der Waals surface area (Å²) in [4.78, 5) is 14.0. The summed E-state index contributed by atoms with van der Waals surface area (Å²) in [5.74, 6) is 1.91. The van der Waals surface area contributed by atoms with Crippen LogP contribution in [-0.2, 0) is 6.18 Å². The summed E-state index contributed by atoms with van der Waals surface area (Å²) in [6.45, 7) is 1.50. The SMILES string of the molecule is FC(F)(F)c1ccc(N2CCC(c3nc4ccccc4[nH]3)CC2)nc1. The number of aromatic amines is 1. The molecule has 1 saturated heterocycles. The molecular formula is C18H17F3N4. The third-order valence-corrected chi connectivity index (χ3v) is 4.69. The van der Waals surface area contributed by atoms with Gasteiger partial charge in [0.2, 0.25) is 0 Å². The number of benzene rings is 1. The van der Waals surface area contributed by atoms with Gasteiger partial charge in [-0.05, 0) is 37.1 Å². The average molecular weight is 346 g/mol. The van der Waals surface area contributed by atoms with Gasteiger partial charge in [-0.1, -0.05) is 12.1 Å². The predicted molar refractivity (Wildman–Crippen MR) is 89.5 cm³/mol. The van der Waals surface area contributed by atoms with Gasteiger partial charge in [-0.2, -0.15) is 13.2 Å². The Morgan fingerprint density at radius 1 is 1.04 bits per heavy atom. The molecule has 4 rings (SSSR count). The number of H-pyrrole nitrogens is 1. The van der Waals surface area contributed by atoms with Crippen molar-refractivity contribution in [1.82, 2.24) is 15.0 Å². The van der Waals surface area contributed by atoms with Gasteiger partial charge in [0.1, 0.15) is 11.6 Å². The number of nitrogens with zero attached hydrogens (tertiary/aromatic N) is 3. The molecule has 1 fully saturated rings. The van der Waals surface area contributed by atoms with Gasteiger partial charge in [0, 0.05) is 25.2 Å². The molecule has 1 aromatic carbocycles. The van der Waals surface area contributed by atoms with Gasteiger partial charge in [-0.15, -0.1) is 0 Å². The van der Waals surface area contributed by atoms with Crippen LogP contribution in [-0.4, -0.2) is 28.0 Å². The summed E-state index contributed by atoms with van der Waals surface area (Å²) >= 11 is 0. The molecule has 0 aliphatic carbocycles. The molecule has 0 spiro atoms. The number of nitrogens with one attached hydrogen (secondary N) is 1. The van der Waals surface area contributed by atoms with E-state index in [9.17, 15) is 13.2 Å². The molecule has 0 radical (unpaired) electrons. The van der Waals surface area contributed by atoms with Crippen LogP contribution in [0.4, 0.5) is 19.0 Å². The zero-order valence-electron chi connectivity index (χ0n) is 13.4. The fraction of sp³-hybridized carbons (Fsp3) is 0.333. The highest BCUT2D eigenvalue weighted by molar-refractivity contribution is 5.74. The number of hydrogen-bond acceptors (Lipinski definition) is 3. The molecule has 0 atom stereocenters. The van der Waals surface area contributed by atoms with Crippen LogP contribution in [0, 0.1) is 0 Å². The van der Waals surface area contributed by atoms with Gasteiger partial charge in [-0.25, -0.2) is 9.97 Å². The molecule has 1 aliphatic rings. The minimum absolute atomic E-state index is 0.332. The Hall–Kier alpha value is -2.57. The normalized spacial score (nSPS) is 16.5. The van der Waals surface area contributed by atoms with Crippen molar-refractivity contribution < 1.29 is 13.2 Å². The smallest absolute Gasteiger partial charge is 0.357 e. The van der Waals surface area contributed by atoms with E-state index >= 15 is 0 Å². The van der Waals surface area contributed by atoms with Crippen LogP contribution < -0.4 is 4.90 Å². The first-order valence-electron chi connectivity index (χ1n) is 8.23. The van der Waals surface area contributed by atoms with E-state index in [1.807, 2.05) is 29.2 Å². The first-order valence-corrected chi connectivity index (χ1v) is 8.23. The van der Waals surface area contributed by atoms with E-state index in [1.54, 1.807) is 0 Å². The standard InChI is InChI=1S/C18H17F3N4/c19-18(20,21)13-5-6-16(22-11-13)25-9-7-12(8-10-25)17-23-14-3-1-2-4-15(14)24-17/h1-6,11-12H,7-10H2,(H,23,24). The number of imidazole rings is 1. The third kappa shape index (κ3) is 3.18. The fourth-order valence-electron chi connectivity index (χ4n) is 3.29. The zero-order valence-corrected chi connectivity index (χ0v) is 13.4. The third-order valence-electron chi connectivity index (χ3n) is 4.69. The van der Waals surface area contributed by atoms with Crippen molar-refractivity contribution in [3.8, 4) is 0 Å². The van der Waals surface area contributed by atoms with Crippen molar-refractivity contribution >= 4 is 16.9 Å². The Morgan fingerprint density at radius 3 is 2.44 bits per heavy atom. The Kier molecular flexibility index (Phi) is 3.86. The fourth-order valence-corrected chi connectivity index (χ4v) is 3.29. The summed E-state index contributed by atoms with van der Waals surface area (Å²) in [5, 5.41) is 0. The molecule has 4 nitrogen and oxygen atoms in total. The summed E-state index contributed by atoms with van der Waals surface area (Å²) in [5.41, 5.74) is 1.28. The monoisotopic (exact) mass is 346 g/mol. The second kappa shape index (κ2) is 6.06. The van der Waals surface area contributed by atoms with Crippen LogP contribution in [0.3, 0.4) is 0 Å². The van der Waals surface area contributed by atoms with Crippen molar-refractivity contribution in [1.29, 1.82) is 0 Å². The topological polar surface area (TPSA) is 44.8 Å². The van der Waals surface area contributed by atoms with Crippen LogP contribution in [0.15, 0.2) is 42.6 Å². The van der Waals surface area contributed by atoms with Crippen LogP contribution in [0.1, 0.15) is 30.1 Å². The van der Waals surface area contributed by atoms with Gasteiger partial charge in [-0.3, -0.25) is 0 Å². The Labute approximate surface area is 142 Å². The number of piperidine rings is 1. The lowest BCUT2D eigenvalue weighted by molar-refractivity contribution is -0.137. The zero-order chi connectivity index (χ0) is 17.4. The highest BCUT2D eigenvalue weighted by Crippen LogP contribution is 2.32. The van der Waals surface area contributed by atoms with E-state index in [0.717, 1.165) is 55.1 Å². The number of alkyl halides is 3. The molecule has 0 saturated carbocycles. The van der Waals surface area contributed by atoms with Gasteiger partial charge in [0.15, 0.2) is 0 Å². The molecule has 130 valence electrons. The van der Waals surface area contributed by atoms with Crippen LogP contribution in [0.5, 0.6) is 0 Å². The van der Waals surface area contributed by atoms with Crippen LogP contribution in [0.25, 0.3) is 11.0 Å². The van der Waals surface area contributed by atoms with E-state index in [4.69, 9.17) is 0 Å². The molecule has 2 aromatic heterocycles. The largest absolute Gasteiger partial charge is 0.417 e. The van der Waals surface area contributed by atoms with Crippen molar-refractivity contribution in [3.63, 3.8) is 0 Å². The lowest BCUT2D eigenvalue weighted by Gasteiger charge is -2.32. The molecular weight excluding hydrogens is 329 g/mol. The Balaban J connectivity index is 1.44. The lowest BCUT2D eigenvalue weighted by atomic mass is 9.96. The predicted octanol–water partition coefficient (Wildman–Crippen LogP) is 4.36. The van der Waals surface area contributed by atoms with Crippen molar-refractivity contribution in [3.05, 3.63) is 54.0 Å². The molecule has 3 aromatic rings. The number of hydrogen-bond donors (Lipinski definition) is 1. The van der Waals surface area contributed by atoms with E-state index in [-0.39, 0.29) is 0 Å². The summed E-state index contributed by atoms with van der Waals surface area (Å²) < 4.78 is 37.9. The summed E-state index contributed by atoms with van der Waals surface area (Å²) in [6, 6.07) is 10.5. The maximum Gasteiger partial charge on any atom is 0.417 e. The minimum atomic E-state index is -4.35. The van der Waals surface area contributed by atoms with Crippen molar-refractivity contribution in [2.75, 3.05) is 18.0 Å². The van der Waals surface area contributed by atoms with Gasteiger partial charge < -0.3 is 9.88 Å². The second-order valence-electron chi connectivity index (χ2n) is 6.30. The van der Waals surface area contributed by atoms with Crippen molar-refractivity contribution in [2.24, 2.45) is 0 Å². The number of rotatable bonds is 2. The average Bonchev–Trinajstić information content (AvgIpc) is 3.05. The van der Waals surface area contributed by atoms with E-state index in [0.29, 0.717) is 11.7 Å². The number of aromatic nitrogens is 3. The number of anilines is 1. The van der Waals surface area contributed by atoms with Crippen LogP contribution >= 0.6 is 0 Å². The molecule has 0 unspecified atom stereocenters. The number of pyridine rings is 1. The van der Waals surface area contributed by atoms with Gasteiger partial charge in [0.25, 0.3) is 0 Å². The maximum atomic E-state index is 12.6. The Bertz CT molecular complexity index is 829. The summed E-state index contributed by atoms with van der Waals surface area (Å²) in [7, 11) is 0. The molecule has 25 heavy (non-hydrogen) atoms. The minimum Gasteiger partial charge on any atom is -0.357 e. The van der Waals surface area contributed by atoms with Gasteiger partial charge in [0.05, 0.1) is 16.6 Å². The maximum absolute atomic E-state index is 12.6.